The summed E-state index contributed by atoms with van der Waals surface area (Å²) in [5.74, 6) is 0.440. The summed E-state index contributed by atoms with van der Waals surface area (Å²) in [7, 11) is -3.20. The van der Waals surface area contributed by atoms with Crippen LogP contribution in [-0.4, -0.2) is 43.5 Å². The molecule has 0 aromatic heterocycles. The van der Waals surface area contributed by atoms with Crippen molar-refractivity contribution in [2.75, 3.05) is 19.3 Å². The van der Waals surface area contributed by atoms with Crippen LogP contribution in [0.2, 0.25) is 5.02 Å². The van der Waals surface area contributed by atoms with Gasteiger partial charge in [0.2, 0.25) is 10.0 Å². The number of carbonyl (C=O) groups is 1. The van der Waals surface area contributed by atoms with Gasteiger partial charge in [-0.2, -0.15) is 0 Å². The molecule has 7 heteroatoms. The van der Waals surface area contributed by atoms with Crippen molar-refractivity contribution in [2.24, 2.45) is 0 Å². The Morgan fingerprint density at radius 3 is 2.57 bits per heavy atom. The van der Waals surface area contributed by atoms with Gasteiger partial charge in [-0.15, -0.1) is 0 Å². The molecule has 2 aliphatic heterocycles. The molecule has 0 N–H and O–H groups in total. The van der Waals surface area contributed by atoms with Gasteiger partial charge in [0.15, 0.2) is 5.78 Å². The maximum atomic E-state index is 12.3. The van der Waals surface area contributed by atoms with Crippen LogP contribution in [0.5, 0.6) is 5.75 Å². The molecule has 114 valence electrons. The second kappa shape index (κ2) is 4.97. The number of fused-ring (bicyclic) bond motifs is 1. The highest BCUT2D eigenvalue weighted by molar-refractivity contribution is 7.88. The minimum Gasteiger partial charge on any atom is -0.484 e. The molecule has 5 nitrogen and oxygen atoms in total. The molecular weight excluding hydrogens is 314 g/mol. The lowest BCUT2D eigenvalue weighted by molar-refractivity contribution is 0.00609. The number of piperidine rings is 1. The second-order valence-electron chi connectivity index (χ2n) is 5.66. The zero-order chi connectivity index (χ0) is 15.3. The van der Waals surface area contributed by atoms with E-state index in [0.717, 1.165) is 0 Å². The summed E-state index contributed by atoms with van der Waals surface area (Å²) < 4.78 is 30.6. The van der Waals surface area contributed by atoms with Crippen molar-refractivity contribution < 1.29 is 17.9 Å². The van der Waals surface area contributed by atoms with Crippen LogP contribution in [0.15, 0.2) is 18.2 Å². The molecule has 21 heavy (non-hydrogen) atoms. The summed E-state index contributed by atoms with van der Waals surface area (Å²) in [4.78, 5) is 12.3. The van der Waals surface area contributed by atoms with Crippen molar-refractivity contribution in [3.63, 3.8) is 0 Å². The lowest BCUT2D eigenvalue weighted by Gasteiger charge is -2.43. The summed E-state index contributed by atoms with van der Waals surface area (Å²) in [5, 5.41) is 0.422. The molecular formula is C14H16ClNO4S. The number of ketones is 1. The van der Waals surface area contributed by atoms with Crippen molar-refractivity contribution in [1.29, 1.82) is 0 Å². The number of carbonyl (C=O) groups excluding carboxylic acids is 1. The molecule has 0 radical (unpaired) electrons. The third-order valence-electron chi connectivity index (χ3n) is 4.17. The van der Waals surface area contributed by atoms with Crippen molar-refractivity contribution in [2.45, 2.75) is 24.9 Å². The second-order valence-corrected chi connectivity index (χ2v) is 8.05. The third-order valence-corrected chi connectivity index (χ3v) is 5.77. The van der Waals surface area contributed by atoms with E-state index in [4.69, 9.17) is 16.3 Å². The summed E-state index contributed by atoms with van der Waals surface area (Å²) in [5.41, 5.74) is -0.116. The van der Waals surface area contributed by atoms with Gasteiger partial charge >= 0.3 is 0 Å². The van der Waals surface area contributed by atoms with Gasteiger partial charge in [-0.1, -0.05) is 17.7 Å². The molecule has 2 heterocycles. The highest BCUT2D eigenvalue weighted by atomic mass is 35.5. The average molecular weight is 330 g/mol. The fourth-order valence-electron chi connectivity index (χ4n) is 2.98. The normalized spacial score (nSPS) is 21.9. The van der Waals surface area contributed by atoms with Crippen LogP contribution in [0.4, 0.5) is 0 Å². The molecule has 0 aliphatic carbocycles. The Kier molecular flexibility index (Phi) is 3.50. The van der Waals surface area contributed by atoms with E-state index < -0.39 is 15.6 Å². The first kappa shape index (κ1) is 14.8. The number of sulfonamides is 1. The van der Waals surface area contributed by atoms with Gasteiger partial charge in [-0.3, -0.25) is 4.79 Å². The monoisotopic (exact) mass is 329 g/mol. The van der Waals surface area contributed by atoms with Gasteiger partial charge in [0.1, 0.15) is 11.4 Å². The standard InChI is InChI=1S/C14H16ClNO4S/c1-21(18,19)16-7-5-14(6-8-16)9-12(17)10-3-2-4-11(15)13(10)20-14/h2-4H,5-9H2,1H3. The summed E-state index contributed by atoms with van der Waals surface area (Å²) in [6.07, 6.45) is 2.47. The molecule has 3 rings (SSSR count). The van der Waals surface area contributed by atoms with Crippen LogP contribution >= 0.6 is 11.6 Å². The van der Waals surface area contributed by atoms with E-state index >= 15 is 0 Å². The molecule has 1 aromatic carbocycles. The maximum Gasteiger partial charge on any atom is 0.211 e. The van der Waals surface area contributed by atoms with Gasteiger partial charge in [0.05, 0.1) is 23.3 Å². The van der Waals surface area contributed by atoms with Gasteiger partial charge in [-0.05, 0) is 12.1 Å². The lowest BCUT2D eigenvalue weighted by atomic mass is 9.83. The van der Waals surface area contributed by atoms with E-state index in [0.29, 0.717) is 42.3 Å². The predicted molar refractivity (Wildman–Crippen MR) is 79.4 cm³/mol. The first-order chi connectivity index (χ1) is 9.81. The van der Waals surface area contributed by atoms with Crippen LogP contribution in [0.1, 0.15) is 29.6 Å². The van der Waals surface area contributed by atoms with Crippen molar-refractivity contribution in [3.05, 3.63) is 28.8 Å². The summed E-state index contributed by atoms with van der Waals surface area (Å²) in [6.45, 7) is 0.734. The first-order valence-electron chi connectivity index (χ1n) is 6.77. The van der Waals surface area contributed by atoms with E-state index in [1.54, 1.807) is 18.2 Å². The Bertz CT molecular complexity index is 693. The van der Waals surface area contributed by atoms with Crippen molar-refractivity contribution >= 4 is 27.4 Å². The van der Waals surface area contributed by atoms with Gasteiger partial charge in [0.25, 0.3) is 0 Å². The molecule has 0 atom stereocenters. The Labute approximate surface area is 128 Å². The third kappa shape index (κ3) is 2.67. The molecule has 0 bridgehead atoms. The lowest BCUT2D eigenvalue weighted by Crippen LogP contribution is -2.52. The van der Waals surface area contributed by atoms with Gasteiger partial charge in [-0.25, -0.2) is 12.7 Å². The fourth-order valence-corrected chi connectivity index (χ4v) is 4.04. The molecule has 1 fully saturated rings. The zero-order valence-corrected chi connectivity index (χ0v) is 13.2. The Balaban J connectivity index is 1.87. The number of ether oxygens (including phenoxy) is 1. The van der Waals surface area contributed by atoms with Crippen LogP contribution in [0.25, 0.3) is 0 Å². The Morgan fingerprint density at radius 2 is 1.95 bits per heavy atom. The van der Waals surface area contributed by atoms with Crippen LogP contribution in [0, 0.1) is 0 Å². The van der Waals surface area contributed by atoms with Crippen LogP contribution in [-0.2, 0) is 10.0 Å². The quantitative estimate of drug-likeness (QED) is 0.791. The Hall–Kier alpha value is -1.11. The van der Waals surface area contributed by atoms with E-state index in [9.17, 15) is 13.2 Å². The van der Waals surface area contributed by atoms with Gasteiger partial charge in [0, 0.05) is 25.9 Å². The minimum atomic E-state index is -3.20. The van der Waals surface area contributed by atoms with Gasteiger partial charge < -0.3 is 4.74 Å². The molecule has 1 spiro atoms. The smallest absolute Gasteiger partial charge is 0.211 e. The van der Waals surface area contributed by atoms with E-state index in [-0.39, 0.29) is 12.2 Å². The van der Waals surface area contributed by atoms with Crippen LogP contribution in [0.3, 0.4) is 0 Å². The highest BCUT2D eigenvalue weighted by Gasteiger charge is 2.44. The zero-order valence-electron chi connectivity index (χ0n) is 11.6. The summed E-state index contributed by atoms with van der Waals surface area (Å²) in [6, 6.07) is 5.13. The first-order valence-corrected chi connectivity index (χ1v) is 8.99. The number of benzene rings is 1. The number of Topliss-reactive ketones (excluding diaryl/α,β-unsaturated/α-hetero) is 1. The van der Waals surface area contributed by atoms with E-state index in [1.165, 1.54) is 10.6 Å². The maximum absolute atomic E-state index is 12.3. The van der Waals surface area contributed by atoms with Crippen LogP contribution < -0.4 is 4.74 Å². The number of nitrogens with zero attached hydrogens (tertiary/aromatic N) is 1. The van der Waals surface area contributed by atoms with E-state index in [2.05, 4.69) is 0 Å². The number of hydrogen-bond acceptors (Lipinski definition) is 4. The fraction of sp³-hybridized carbons (Fsp3) is 0.500. The number of rotatable bonds is 1. The minimum absolute atomic E-state index is 0.00607. The SMILES string of the molecule is CS(=O)(=O)N1CCC2(CC1)CC(=O)c1cccc(Cl)c1O2. The average Bonchev–Trinajstić information content (AvgIpc) is 2.40. The largest absolute Gasteiger partial charge is 0.484 e. The molecule has 1 aromatic rings. The number of halogens is 1. The predicted octanol–water partition coefficient (Wildman–Crippen LogP) is 2.10. The molecule has 1 saturated heterocycles. The van der Waals surface area contributed by atoms with Crippen molar-refractivity contribution in [3.8, 4) is 5.75 Å². The summed E-state index contributed by atoms with van der Waals surface area (Å²) >= 11 is 6.13. The molecule has 2 aliphatic rings. The Morgan fingerprint density at radius 1 is 1.29 bits per heavy atom. The topological polar surface area (TPSA) is 63.7 Å². The van der Waals surface area contributed by atoms with E-state index in [1.807, 2.05) is 0 Å². The molecule has 0 saturated carbocycles. The molecule has 0 amide bonds. The number of hydrogen-bond donors (Lipinski definition) is 0. The number of para-hydroxylation sites is 1. The highest BCUT2D eigenvalue weighted by Crippen LogP contribution is 2.42. The molecule has 0 unspecified atom stereocenters. The van der Waals surface area contributed by atoms with Crippen molar-refractivity contribution in [1.82, 2.24) is 4.31 Å².